The van der Waals surface area contributed by atoms with Crippen LogP contribution in [0.4, 0.5) is 0 Å². The van der Waals surface area contributed by atoms with Crippen LogP contribution in [0, 0.1) is 23.2 Å². The van der Waals surface area contributed by atoms with E-state index in [1.807, 2.05) is 0 Å². The quantitative estimate of drug-likeness (QED) is 0.427. The maximum Gasteiger partial charge on any atom is 0.303 e. The molecular weight excluding hydrogens is 348 g/mol. The zero-order chi connectivity index (χ0) is 19.7. The SMILES string of the molecule is C=C1C(=O)C23OC2C1C[C@H](OC(C)=O)C(=O)C1CCCC(C)(C)[C@H]1CC3O. The molecule has 4 rings (SSSR count). The minimum atomic E-state index is -1.21. The van der Waals surface area contributed by atoms with Gasteiger partial charge in [0.2, 0.25) is 0 Å². The molecule has 0 radical (unpaired) electrons. The van der Waals surface area contributed by atoms with Crippen LogP contribution in [0.1, 0.15) is 52.9 Å². The fourth-order valence-corrected chi connectivity index (χ4v) is 5.87. The van der Waals surface area contributed by atoms with Gasteiger partial charge in [-0.15, -0.1) is 0 Å². The monoisotopic (exact) mass is 376 g/mol. The van der Waals surface area contributed by atoms with E-state index in [0.29, 0.717) is 18.4 Å². The first kappa shape index (κ1) is 18.8. The fourth-order valence-electron chi connectivity index (χ4n) is 5.87. The molecule has 1 saturated heterocycles. The van der Waals surface area contributed by atoms with Gasteiger partial charge in [0.15, 0.2) is 23.3 Å². The Labute approximate surface area is 159 Å². The van der Waals surface area contributed by atoms with Crippen molar-refractivity contribution in [3.8, 4) is 0 Å². The topological polar surface area (TPSA) is 93.2 Å². The predicted octanol–water partition coefficient (Wildman–Crippen LogP) is 1.98. The number of esters is 1. The van der Waals surface area contributed by atoms with Gasteiger partial charge in [0.25, 0.3) is 0 Å². The van der Waals surface area contributed by atoms with Gasteiger partial charge < -0.3 is 14.6 Å². The number of fused-ring (bicyclic) bond motifs is 1. The number of rotatable bonds is 1. The number of aliphatic hydroxyl groups is 1. The first-order valence-corrected chi connectivity index (χ1v) is 9.90. The molecule has 0 aromatic heterocycles. The molecule has 0 aromatic rings. The summed E-state index contributed by atoms with van der Waals surface area (Å²) < 4.78 is 11.2. The van der Waals surface area contributed by atoms with Gasteiger partial charge >= 0.3 is 5.97 Å². The van der Waals surface area contributed by atoms with E-state index in [4.69, 9.17) is 9.47 Å². The Kier molecular flexibility index (Phi) is 4.17. The molecule has 0 spiro atoms. The Morgan fingerprint density at radius 2 is 1.96 bits per heavy atom. The lowest BCUT2D eigenvalue weighted by atomic mass is 9.59. The number of Topliss-reactive ketones (excluding diaryl/α,β-unsaturated/α-hetero) is 2. The molecule has 148 valence electrons. The maximum atomic E-state index is 13.4. The predicted molar refractivity (Wildman–Crippen MR) is 95.7 cm³/mol. The van der Waals surface area contributed by atoms with Gasteiger partial charge in [0.05, 0.1) is 6.10 Å². The van der Waals surface area contributed by atoms with E-state index < -0.39 is 35.8 Å². The molecule has 1 aliphatic heterocycles. The third-order valence-corrected chi connectivity index (χ3v) is 7.40. The number of epoxide rings is 1. The van der Waals surface area contributed by atoms with Crippen LogP contribution in [0.3, 0.4) is 0 Å². The smallest absolute Gasteiger partial charge is 0.303 e. The number of ether oxygens (including phenoxy) is 2. The van der Waals surface area contributed by atoms with Gasteiger partial charge in [-0.1, -0.05) is 26.8 Å². The summed E-state index contributed by atoms with van der Waals surface area (Å²) in [7, 11) is 0. The van der Waals surface area contributed by atoms with Gasteiger partial charge in [0.1, 0.15) is 6.10 Å². The van der Waals surface area contributed by atoms with Crippen molar-refractivity contribution in [1.29, 1.82) is 0 Å². The van der Waals surface area contributed by atoms with Crippen LogP contribution in [-0.2, 0) is 23.9 Å². The lowest BCUT2D eigenvalue weighted by Crippen LogP contribution is -2.48. The Balaban J connectivity index is 1.77. The second-order valence-corrected chi connectivity index (χ2v) is 9.37. The molecule has 3 aliphatic carbocycles. The second-order valence-electron chi connectivity index (χ2n) is 9.37. The summed E-state index contributed by atoms with van der Waals surface area (Å²) in [5.41, 5.74) is -0.987. The molecule has 7 atom stereocenters. The number of carbonyl (C=O) groups excluding carboxylic acids is 3. The highest BCUT2D eigenvalue weighted by molar-refractivity contribution is 6.08. The van der Waals surface area contributed by atoms with Crippen molar-refractivity contribution in [2.24, 2.45) is 23.2 Å². The molecule has 1 heterocycles. The highest BCUT2D eigenvalue weighted by Gasteiger charge is 2.75. The Hall–Kier alpha value is -1.53. The first-order valence-electron chi connectivity index (χ1n) is 9.90. The molecule has 6 nitrogen and oxygen atoms in total. The number of carbonyl (C=O) groups is 3. The second kappa shape index (κ2) is 5.98. The van der Waals surface area contributed by atoms with Crippen molar-refractivity contribution >= 4 is 17.5 Å². The van der Waals surface area contributed by atoms with Crippen molar-refractivity contribution in [3.05, 3.63) is 12.2 Å². The van der Waals surface area contributed by atoms with Crippen LogP contribution < -0.4 is 0 Å². The molecule has 6 heteroatoms. The molecule has 4 fully saturated rings. The van der Waals surface area contributed by atoms with Crippen molar-refractivity contribution in [2.45, 2.75) is 76.8 Å². The summed E-state index contributed by atoms with van der Waals surface area (Å²) in [5, 5.41) is 11.0. The highest BCUT2D eigenvalue weighted by Crippen LogP contribution is 2.59. The molecular formula is C21H28O6. The summed E-state index contributed by atoms with van der Waals surface area (Å²) >= 11 is 0. The van der Waals surface area contributed by atoms with Crippen LogP contribution in [0.5, 0.6) is 0 Å². The molecule has 3 saturated carbocycles. The lowest BCUT2D eigenvalue weighted by Gasteiger charge is -2.45. The number of hydrogen-bond donors (Lipinski definition) is 1. The van der Waals surface area contributed by atoms with Crippen molar-refractivity contribution in [2.75, 3.05) is 0 Å². The number of hydrogen-bond acceptors (Lipinski definition) is 6. The molecule has 27 heavy (non-hydrogen) atoms. The van der Waals surface area contributed by atoms with Crippen LogP contribution in [-0.4, -0.2) is 46.6 Å². The Bertz CT molecular complexity index is 724. The minimum Gasteiger partial charge on any atom is -0.455 e. The van der Waals surface area contributed by atoms with E-state index in [2.05, 4.69) is 20.4 Å². The van der Waals surface area contributed by atoms with Crippen molar-refractivity contribution < 1.29 is 29.0 Å². The third kappa shape index (κ3) is 2.64. The first-order chi connectivity index (χ1) is 12.6. The molecule has 0 aromatic carbocycles. The van der Waals surface area contributed by atoms with Crippen molar-refractivity contribution in [3.63, 3.8) is 0 Å². The zero-order valence-corrected chi connectivity index (χ0v) is 16.2. The van der Waals surface area contributed by atoms with Crippen LogP contribution in [0.2, 0.25) is 0 Å². The number of aliphatic hydroxyl groups excluding tert-OH is 1. The largest absolute Gasteiger partial charge is 0.455 e. The average molecular weight is 376 g/mol. The highest BCUT2D eigenvalue weighted by atomic mass is 16.6. The molecule has 4 aliphatic rings. The summed E-state index contributed by atoms with van der Waals surface area (Å²) in [5.74, 6) is -1.63. The van der Waals surface area contributed by atoms with Gasteiger partial charge in [-0.25, -0.2) is 0 Å². The normalized spacial score (nSPS) is 45.7. The van der Waals surface area contributed by atoms with E-state index in [0.717, 1.165) is 12.8 Å². The number of ketones is 2. The summed E-state index contributed by atoms with van der Waals surface area (Å²) in [6.45, 7) is 9.41. The molecule has 1 N–H and O–H groups in total. The van der Waals surface area contributed by atoms with Crippen LogP contribution in [0.15, 0.2) is 12.2 Å². The van der Waals surface area contributed by atoms with Gasteiger partial charge in [-0.05, 0) is 36.2 Å². The van der Waals surface area contributed by atoms with Crippen LogP contribution >= 0.6 is 0 Å². The van der Waals surface area contributed by atoms with Gasteiger partial charge in [-0.2, -0.15) is 0 Å². The minimum absolute atomic E-state index is 0.0875. The van der Waals surface area contributed by atoms with Crippen molar-refractivity contribution in [1.82, 2.24) is 0 Å². The third-order valence-electron chi connectivity index (χ3n) is 7.40. The van der Waals surface area contributed by atoms with E-state index in [9.17, 15) is 19.5 Å². The summed E-state index contributed by atoms with van der Waals surface area (Å²) in [4.78, 5) is 37.9. The standard InChI is InChI=1S/C21H28O6/c1-10-13-8-15(26-11(2)22)17(24)12-6-5-7-20(3,4)14(12)9-16(23)21(18(10)25)19(13)27-21/h12-16,19,23H,1,5-9H2,2-4H3/t12?,13?,14-,15-,16?,19?,21?/m0/s1. The van der Waals surface area contributed by atoms with E-state index in [1.54, 1.807) is 0 Å². The van der Waals surface area contributed by atoms with Crippen LogP contribution in [0.25, 0.3) is 0 Å². The molecule has 5 unspecified atom stereocenters. The van der Waals surface area contributed by atoms with E-state index in [-0.39, 0.29) is 35.2 Å². The fraction of sp³-hybridized carbons (Fsp3) is 0.762. The lowest BCUT2D eigenvalue weighted by molar-refractivity contribution is -0.158. The van der Waals surface area contributed by atoms with Gasteiger partial charge in [0, 0.05) is 25.2 Å². The molecule has 0 amide bonds. The van der Waals surface area contributed by atoms with E-state index >= 15 is 0 Å². The summed E-state index contributed by atoms with van der Waals surface area (Å²) in [6.07, 6.45) is 0.808. The Morgan fingerprint density at radius 3 is 2.63 bits per heavy atom. The van der Waals surface area contributed by atoms with E-state index in [1.165, 1.54) is 6.92 Å². The zero-order valence-electron chi connectivity index (χ0n) is 16.2. The summed E-state index contributed by atoms with van der Waals surface area (Å²) in [6, 6.07) is 0. The maximum absolute atomic E-state index is 13.4. The molecule has 2 bridgehead atoms. The van der Waals surface area contributed by atoms with Gasteiger partial charge in [-0.3, -0.25) is 14.4 Å². The Morgan fingerprint density at radius 1 is 1.26 bits per heavy atom. The average Bonchev–Trinajstić information content (AvgIpc) is 3.29.